The first-order valence-electron chi connectivity index (χ1n) is 32.5. The summed E-state index contributed by atoms with van der Waals surface area (Å²) in [5, 5.41) is 12.1. The van der Waals surface area contributed by atoms with Gasteiger partial charge in [-0.2, -0.15) is 0 Å². The van der Waals surface area contributed by atoms with Gasteiger partial charge in [-0.15, -0.1) is 0 Å². The van der Waals surface area contributed by atoms with Gasteiger partial charge in [-0.3, -0.25) is 0 Å². The summed E-state index contributed by atoms with van der Waals surface area (Å²) in [5.74, 6) is -0.00172. The Kier molecular flexibility index (Phi) is 11.2. The van der Waals surface area contributed by atoms with E-state index in [1.54, 1.807) is 0 Å². The normalized spacial score (nSPS) is 15.8. The van der Waals surface area contributed by atoms with Crippen LogP contribution < -0.4 is 0 Å². The Bertz CT molecular complexity index is 5930. The van der Waals surface area contributed by atoms with Gasteiger partial charge in [-0.1, -0.05) is 279 Å². The zero-order valence-electron chi connectivity index (χ0n) is 50.7. The van der Waals surface area contributed by atoms with Crippen LogP contribution in [0.25, 0.3) is 154 Å². The number of pyridine rings is 2. The van der Waals surface area contributed by atoms with Crippen molar-refractivity contribution in [2.45, 2.75) is 17.3 Å². The van der Waals surface area contributed by atoms with Crippen molar-refractivity contribution in [1.29, 1.82) is 0 Å². The van der Waals surface area contributed by atoms with Crippen molar-refractivity contribution in [2.75, 3.05) is 0 Å². The van der Waals surface area contributed by atoms with E-state index in [2.05, 4.69) is 328 Å². The molecule has 2 heterocycles. The number of rotatable bonds is 8. The topological polar surface area (TPSA) is 25.8 Å². The highest BCUT2D eigenvalue weighted by Crippen LogP contribution is 2.80. The lowest BCUT2D eigenvalue weighted by molar-refractivity contribution is 0.337. The summed E-state index contributed by atoms with van der Waals surface area (Å²) in [4.78, 5) is 12.2. The molecule has 3 unspecified atom stereocenters. The Morgan fingerprint density at radius 1 is 0.237 bits per heavy atom. The molecule has 93 heavy (non-hydrogen) atoms. The molecule has 0 aliphatic heterocycles. The van der Waals surface area contributed by atoms with E-state index >= 15 is 0 Å². The molecular weight excluding hydrogens is 1120 g/mol. The van der Waals surface area contributed by atoms with Gasteiger partial charge < -0.3 is 0 Å². The third-order valence-electron chi connectivity index (χ3n) is 21.0. The molecule has 2 aromatic heterocycles. The average Bonchev–Trinajstić information content (AvgIpc) is 1.49. The Labute approximate surface area is 539 Å². The number of benzene rings is 15. The van der Waals surface area contributed by atoms with Crippen LogP contribution in [0.15, 0.2) is 328 Å². The van der Waals surface area contributed by atoms with Crippen molar-refractivity contribution in [1.82, 2.24) is 9.97 Å². The SMILES string of the molecule is c1ccc(-c2ccc(-c3nc4cc5c(ccc6cc(-c7ccccc7)cc(-c7ccccc7)c65)cc4c4c3C3c5ccccc5C35c3c(c(-c6ccc(-c7ccccc7)cc6)nc6cc7c(ccc8cc(-c9ccccc9)cc(-c9ccccc9)c87)cc36)C45)cc2)cc1. The lowest BCUT2D eigenvalue weighted by Crippen LogP contribution is -2.53. The molecule has 15 aromatic carbocycles. The first kappa shape index (κ1) is 52.0. The van der Waals surface area contributed by atoms with Gasteiger partial charge in [0, 0.05) is 39.2 Å². The fourth-order valence-corrected chi connectivity index (χ4v) is 17.0. The summed E-state index contributed by atoms with van der Waals surface area (Å²) in [7, 11) is 0. The molecule has 0 bridgehead atoms. The number of nitrogens with zero attached hydrogens (tertiary/aromatic N) is 2. The largest absolute Gasteiger partial charge is 0.247 e. The van der Waals surface area contributed by atoms with Gasteiger partial charge in [0.1, 0.15) is 0 Å². The van der Waals surface area contributed by atoms with Gasteiger partial charge in [0.05, 0.1) is 22.4 Å². The van der Waals surface area contributed by atoms with E-state index in [0.717, 1.165) is 33.5 Å². The van der Waals surface area contributed by atoms with Gasteiger partial charge in [0.25, 0.3) is 0 Å². The molecule has 17 aromatic rings. The van der Waals surface area contributed by atoms with Crippen molar-refractivity contribution in [3.8, 4) is 89.3 Å². The van der Waals surface area contributed by atoms with E-state index in [0.29, 0.717) is 0 Å². The van der Waals surface area contributed by atoms with E-state index in [9.17, 15) is 0 Å². The Morgan fingerprint density at radius 2 is 0.602 bits per heavy atom. The number of hydrogen-bond donors (Lipinski definition) is 0. The summed E-state index contributed by atoms with van der Waals surface area (Å²) in [6, 6.07) is 122. The highest BCUT2D eigenvalue weighted by Gasteiger charge is 2.72. The van der Waals surface area contributed by atoms with E-state index in [1.165, 1.54) is 154 Å². The maximum absolute atomic E-state index is 6.09. The second kappa shape index (κ2) is 20.1. The van der Waals surface area contributed by atoms with E-state index in [4.69, 9.17) is 9.97 Å². The van der Waals surface area contributed by atoms with Crippen LogP contribution in [-0.4, -0.2) is 9.97 Å². The third-order valence-corrected chi connectivity index (χ3v) is 21.0. The minimum Gasteiger partial charge on any atom is -0.247 e. The van der Waals surface area contributed by atoms with Crippen LogP contribution in [0, 0.1) is 0 Å². The zero-order valence-corrected chi connectivity index (χ0v) is 50.7. The molecule has 3 atom stereocenters. The minimum absolute atomic E-state index is 0.0302. The molecule has 0 saturated heterocycles. The van der Waals surface area contributed by atoms with Crippen LogP contribution in [0.5, 0.6) is 0 Å². The van der Waals surface area contributed by atoms with Crippen molar-refractivity contribution in [2.24, 2.45) is 0 Å². The van der Waals surface area contributed by atoms with Crippen molar-refractivity contribution in [3.63, 3.8) is 0 Å². The first-order chi connectivity index (χ1) is 46.1. The van der Waals surface area contributed by atoms with Crippen LogP contribution in [0.4, 0.5) is 0 Å². The molecule has 20 rings (SSSR count). The Hall–Kier alpha value is -11.8. The van der Waals surface area contributed by atoms with Crippen LogP contribution in [0.3, 0.4) is 0 Å². The molecule has 0 radical (unpaired) electrons. The predicted octanol–water partition coefficient (Wildman–Crippen LogP) is 23.6. The van der Waals surface area contributed by atoms with Gasteiger partial charge in [0.15, 0.2) is 0 Å². The lowest BCUT2D eigenvalue weighted by atomic mass is 9.42. The molecule has 2 heteroatoms. The van der Waals surface area contributed by atoms with Crippen LogP contribution >= 0.6 is 0 Å². The lowest BCUT2D eigenvalue weighted by Gasteiger charge is -2.59. The number of hydrogen-bond acceptors (Lipinski definition) is 2. The standard InChI is InChI=1S/C91H56N2/c1-7-21-55(22-8-1)59-35-39-63(40-36-59)89-84-83(76-49-65-43-45-67-47-69(57-25-11-3-12-26-57)51-72(61-29-15-5-16-30-61)81(67)74(65)53-79(76)92-89)88-85-87(91(88)78-34-20-19-33-71(78)86(84)91)77-50-66-44-46-68-48-70(58-27-13-4-14-28-58)52-73(62-31-17-6-18-32-62)82(68)75(66)54-80(77)93-90(85)64-41-37-60(38-42-64)56-23-9-2-10-24-56/h1-54,86,88H. The van der Waals surface area contributed by atoms with E-state index in [-0.39, 0.29) is 11.8 Å². The fraction of sp³-hybridized carbons (Fsp3) is 0.0330. The van der Waals surface area contributed by atoms with Crippen molar-refractivity contribution in [3.05, 3.63) is 361 Å². The molecule has 0 saturated carbocycles. The minimum atomic E-state index is -0.403. The summed E-state index contributed by atoms with van der Waals surface area (Å²) in [5.41, 5.74) is 28.5. The number of aromatic nitrogens is 2. The molecule has 0 amide bonds. The van der Waals surface area contributed by atoms with Gasteiger partial charge >= 0.3 is 0 Å². The Morgan fingerprint density at radius 3 is 1.08 bits per heavy atom. The van der Waals surface area contributed by atoms with E-state index in [1.807, 2.05) is 0 Å². The van der Waals surface area contributed by atoms with Gasteiger partial charge in [-0.05, 0) is 192 Å². The molecule has 0 fully saturated rings. The molecule has 0 N–H and O–H groups in total. The first-order valence-corrected chi connectivity index (χ1v) is 32.5. The Balaban J connectivity index is 0.888. The molecule has 1 spiro atoms. The second-order valence-corrected chi connectivity index (χ2v) is 25.8. The third kappa shape index (κ3) is 7.64. The molecule has 3 aliphatic carbocycles. The highest BCUT2D eigenvalue weighted by molar-refractivity contribution is 6.21. The maximum Gasteiger partial charge on any atom is 0.0751 e. The fourth-order valence-electron chi connectivity index (χ4n) is 17.0. The second-order valence-electron chi connectivity index (χ2n) is 25.8. The summed E-state index contributed by atoms with van der Waals surface area (Å²) in [6.07, 6.45) is 0. The maximum atomic E-state index is 6.09. The molecule has 2 nitrogen and oxygen atoms in total. The van der Waals surface area contributed by atoms with Crippen LogP contribution in [0.2, 0.25) is 0 Å². The smallest absolute Gasteiger partial charge is 0.0751 e. The monoisotopic (exact) mass is 1180 g/mol. The van der Waals surface area contributed by atoms with Crippen molar-refractivity contribution >= 4 is 64.9 Å². The zero-order chi connectivity index (χ0) is 60.9. The van der Waals surface area contributed by atoms with Crippen LogP contribution in [-0.2, 0) is 5.41 Å². The summed E-state index contributed by atoms with van der Waals surface area (Å²) < 4.78 is 0. The summed E-state index contributed by atoms with van der Waals surface area (Å²) >= 11 is 0. The molecular formula is C91H56N2. The highest BCUT2D eigenvalue weighted by atomic mass is 14.8. The average molecular weight is 1180 g/mol. The van der Waals surface area contributed by atoms with Crippen molar-refractivity contribution < 1.29 is 0 Å². The van der Waals surface area contributed by atoms with Crippen LogP contribution in [0.1, 0.15) is 45.2 Å². The molecule has 3 aliphatic rings. The van der Waals surface area contributed by atoms with E-state index < -0.39 is 5.41 Å². The molecule has 430 valence electrons. The number of fused-ring (bicyclic) bond motifs is 17. The van der Waals surface area contributed by atoms with Gasteiger partial charge in [-0.25, -0.2) is 9.97 Å². The quantitative estimate of drug-likeness (QED) is 0.112. The van der Waals surface area contributed by atoms with Gasteiger partial charge in [0.2, 0.25) is 0 Å². The predicted molar refractivity (Wildman–Crippen MR) is 388 cm³/mol. The summed E-state index contributed by atoms with van der Waals surface area (Å²) in [6.45, 7) is 0.